The summed E-state index contributed by atoms with van der Waals surface area (Å²) in [5.41, 5.74) is 1.80. The fraction of sp³-hybridized carbons (Fsp3) is 0.143. The van der Waals surface area contributed by atoms with Crippen LogP contribution in [-0.4, -0.2) is 19.1 Å². The number of hydrogen-bond donors (Lipinski definition) is 0. The second kappa shape index (κ2) is 9.43. The summed E-state index contributed by atoms with van der Waals surface area (Å²) in [6, 6.07) is 19.1. The first-order valence-electron chi connectivity index (χ1n) is 11.2. The van der Waals surface area contributed by atoms with Gasteiger partial charge in [0, 0.05) is 10.2 Å². The molecule has 5 rings (SSSR count). The fourth-order valence-electron chi connectivity index (χ4n) is 4.33. The SMILES string of the molecule is C=CCOc1ccc(C2c3c(oc4ccccc4c3=O)C(=O)N2c2ccc(Br)cc2)cc1OCC. The van der Waals surface area contributed by atoms with E-state index in [-0.39, 0.29) is 17.1 Å². The smallest absolute Gasteiger partial charge is 0.295 e. The van der Waals surface area contributed by atoms with Gasteiger partial charge in [0.1, 0.15) is 12.2 Å². The summed E-state index contributed by atoms with van der Waals surface area (Å²) in [4.78, 5) is 29.0. The fourth-order valence-corrected chi connectivity index (χ4v) is 4.60. The third-order valence-corrected chi connectivity index (χ3v) is 6.35. The molecule has 1 atom stereocenters. The molecule has 0 saturated heterocycles. The van der Waals surface area contributed by atoms with Crippen molar-refractivity contribution in [3.8, 4) is 11.5 Å². The first-order chi connectivity index (χ1) is 17.0. The normalized spacial score (nSPS) is 14.7. The zero-order chi connectivity index (χ0) is 24.5. The second-order valence-corrected chi connectivity index (χ2v) is 8.88. The summed E-state index contributed by atoms with van der Waals surface area (Å²) in [5, 5.41) is 0.428. The van der Waals surface area contributed by atoms with Crippen LogP contribution in [0.5, 0.6) is 11.5 Å². The number of para-hydroxylation sites is 1. The third kappa shape index (κ3) is 4.02. The van der Waals surface area contributed by atoms with Crippen LogP contribution in [0.4, 0.5) is 5.69 Å². The van der Waals surface area contributed by atoms with Gasteiger partial charge in [0.25, 0.3) is 5.91 Å². The van der Waals surface area contributed by atoms with Crippen molar-refractivity contribution in [2.75, 3.05) is 18.1 Å². The molecule has 3 aromatic carbocycles. The molecule has 176 valence electrons. The van der Waals surface area contributed by atoms with Gasteiger partial charge in [-0.2, -0.15) is 0 Å². The third-order valence-electron chi connectivity index (χ3n) is 5.82. The molecule has 0 N–H and O–H groups in total. The van der Waals surface area contributed by atoms with Crippen LogP contribution in [0.3, 0.4) is 0 Å². The van der Waals surface area contributed by atoms with Gasteiger partial charge in [-0.15, -0.1) is 0 Å². The number of carbonyl (C=O) groups excluding carboxylic acids is 1. The largest absolute Gasteiger partial charge is 0.490 e. The average Bonchev–Trinajstić information content (AvgIpc) is 3.16. The molecule has 1 amide bonds. The molecule has 1 aliphatic heterocycles. The van der Waals surface area contributed by atoms with Crippen LogP contribution in [-0.2, 0) is 0 Å². The lowest BCUT2D eigenvalue weighted by atomic mass is 9.97. The molecule has 0 radical (unpaired) electrons. The van der Waals surface area contributed by atoms with Crippen molar-refractivity contribution in [1.29, 1.82) is 0 Å². The summed E-state index contributed by atoms with van der Waals surface area (Å²) in [6.45, 7) is 6.33. The second-order valence-electron chi connectivity index (χ2n) is 7.96. The molecule has 0 aliphatic carbocycles. The molecule has 0 saturated carbocycles. The van der Waals surface area contributed by atoms with E-state index in [9.17, 15) is 9.59 Å². The molecule has 4 aromatic rings. The molecule has 2 heterocycles. The van der Waals surface area contributed by atoms with E-state index in [0.29, 0.717) is 52.5 Å². The summed E-state index contributed by atoms with van der Waals surface area (Å²) >= 11 is 3.44. The Hall–Kier alpha value is -3.84. The molecule has 0 fully saturated rings. The van der Waals surface area contributed by atoms with Crippen LogP contribution in [0.1, 0.15) is 34.6 Å². The van der Waals surface area contributed by atoms with Crippen molar-refractivity contribution in [3.63, 3.8) is 0 Å². The maximum absolute atomic E-state index is 13.7. The van der Waals surface area contributed by atoms with Crippen molar-refractivity contribution in [2.24, 2.45) is 0 Å². The minimum absolute atomic E-state index is 0.0477. The standard InChI is InChI=1S/C28H22BrNO5/c1-3-15-34-22-14-9-17(16-23(22)33-4-2)25-24-26(31)20-7-5-6-8-21(20)35-27(24)28(32)30(25)19-12-10-18(29)11-13-19/h3,5-14,16,25H,1,4,15H2,2H3. The highest BCUT2D eigenvalue weighted by molar-refractivity contribution is 9.10. The minimum atomic E-state index is -0.702. The van der Waals surface area contributed by atoms with E-state index >= 15 is 0 Å². The Kier molecular flexibility index (Phi) is 6.17. The van der Waals surface area contributed by atoms with Crippen LogP contribution in [0.25, 0.3) is 11.0 Å². The Morgan fingerprint density at radius 3 is 2.54 bits per heavy atom. The molecule has 7 heteroatoms. The quantitative estimate of drug-likeness (QED) is 0.263. The molecule has 0 bridgehead atoms. The topological polar surface area (TPSA) is 69.0 Å². The van der Waals surface area contributed by atoms with E-state index < -0.39 is 6.04 Å². The van der Waals surface area contributed by atoms with Crippen LogP contribution in [0.2, 0.25) is 0 Å². The van der Waals surface area contributed by atoms with Gasteiger partial charge in [-0.05, 0) is 61.0 Å². The molecule has 0 spiro atoms. The van der Waals surface area contributed by atoms with Gasteiger partial charge in [0.2, 0.25) is 5.76 Å². The van der Waals surface area contributed by atoms with E-state index in [1.54, 1.807) is 41.3 Å². The number of carbonyl (C=O) groups is 1. The Balaban J connectivity index is 1.74. The van der Waals surface area contributed by atoms with E-state index in [1.807, 2.05) is 43.3 Å². The van der Waals surface area contributed by atoms with Crippen LogP contribution >= 0.6 is 15.9 Å². The lowest BCUT2D eigenvalue weighted by molar-refractivity contribution is 0.0971. The molecular weight excluding hydrogens is 510 g/mol. The first kappa shape index (κ1) is 22.9. The van der Waals surface area contributed by atoms with Gasteiger partial charge in [-0.1, -0.05) is 46.8 Å². The van der Waals surface area contributed by atoms with Crippen LogP contribution in [0, 0.1) is 0 Å². The summed E-state index contributed by atoms with van der Waals surface area (Å²) in [6.07, 6.45) is 1.65. The zero-order valence-electron chi connectivity index (χ0n) is 19.0. The average molecular weight is 532 g/mol. The van der Waals surface area contributed by atoms with E-state index in [4.69, 9.17) is 13.9 Å². The number of rotatable bonds is 7. The van der Waals surface area contributed by atoms with Crippen LogP contribution in [0.15, 0.2) is 93.1 Å². The highest BCUT2D eigenvalue weighted by atomic mass is 79.9. The lowest BCUT2D eigenvalue weighted by Crippen LogP contribution is -2.29. The minimum Gasteiger partial charge on any atom is -0.490 e. The lowest BCUT2D eigenvalue weighted by Gasteiger charge is -2.26. The van der Waals surface area contributed by atoms with E-state index in [1.165, 1.54) is 0 Å². The van der Waals surface area contributed by atoms with Gasteiger partial charge in [0.05, 0.1) is 23.6 Å². The Morgan fingerprint density at radius 2 is 1.80 bits per heavy atom. The van der Waals surface area contributed by atoms with Crippen LogP contribution < -0.4 is 19.8 Å². The van der Waals surface area contributed by atoms with Gasteiger partial charge in [-0.25, -0.2) is 0 Å². The number of benzene rings is 3. The number of hydrogen-bond acceptors (Lipinski definition) is 5. The van der Waals surface area contributed by atoms with Gasteiger partial charge in [0.15, 0.2) is 16.9 Å². The monoisotopic (exact) mass is 531 g/mol. The first-order valence-corrected chi connectivity index (χ1v) is 12.0. The number of ether oxygens (including phenoxy) is 2. The maximum atomic E-state index is 13.7. The van der Waals surface area contributed by atoms with Gasteiger partial charge >= 0.3 is 0 Å². The molecular formula is C28H22BrNO5. The van der Waals surface area contributed by atoms with E-state index in [2.05, 4.69) is 22.5 Å². The maximum Gasteiger partial charge on any atom is 0.295 e. The number of halogens is 1. The zero-order valence-corrected chi connectivity index (χ0v) is 20.6. The predicted octanol–water partition coefficient (Wildman–Crippen LogP) is 6.27. The van der Waals surface area contributed by atoms with Gasteiger partial charge in [-0.3, -0.25) is 14.5 Å². The molecule has 35 heavy (non-hydrogen) atoms. The molecule has 1 unspecified atom stereocenters. The van der Waals surface area contributed by atoms with E-state index in [0.717, 1.165) is 4.47 Å². The highest BCUT2D eigenvalue weighted by Crippen LogP contribution is 2.43. The molecule has 6 nitrogen and oxygen atoms in total. The van der Waals surface area contributed by atoms with Crippen molar-refractivity contribution in [3.05, 3.63) is 111 Å². The summed E-state index contributed by atoms with van der Waals surface area (Å²) in [5.74, 6) is 0.751. The molecule has 1 aliphatic rings. The summed E-state index contributed by atoms with van der Waals surface area (Å²) < 4.78 is 18.5. The predicted molar refractivity (Wildman–Crippen MR) is 139 cm³/mol. The number of fused-ring (bicyclic) bond motifs is 2. The highest BCUT2D eigenvalue weighted by Gasteiger charge is 2.43. The summed E-state index contributed by atoms with van der Waals surface area (Å²) in [7, 11) is 0. The number of anilines is 1. The Morgan fingerprint density at radius 1 is 1.03 bits per heavy atom. The van der Waals surface area contributed by atoms with Gasteiger partial charge < -0.3 is 13.9 Å². The Labute approximate surface area is 210 Å². The van der Waals surface area contributed by atoms with Crippen molar-refractivity contribution >= 4 is 38.5 Å². The number of nitrogens with zero attached hydrogens (tertiary/aromatic N) is 1. The molecule has 1 aromatic heterocycles. The van der Waals surface area contributed by atoms with Crippen molar-refractivity contribution < 1.29 is 18.7 Å². The van der Waals surface area contributed by atoms with Crippen molar-refractivity contribution in [2.45, 2.75) is 13.0 Å². The Bertz CT molecular complexity index is 1490. The number of amides is 1. The van der Waals surface area contributed by atoms with Crippen molar-refractivity contribution in [1.82, 2.24) is 0 Å².